The van der Waals surface area contributed by atoms with E-state index in [0.717, 1.165) is 116 Å². The Morgan fingerprint density at radius 3 is 0.927 bits per heavy atom. The van der Waals surface area contributed by atoms with Crippen LogP contribution in [0.1, 0.15) is 233 Å². The molecule has 0 spiro atoms. The quantitative estimate of drug-likeness (QED) is 0.114. The van der Waals surface area contributed by atoms with E-state index < -0.39 is 11.7 Å². The van der Waals surface area contributed by atoms with Gasteiger partial charge in [-0.05, 0) is 307 Å². The van der Waals surface area contributed by atoms with Gasteiger partial charge in [0.25, 0.3) is 0 Å². The monoisotopic (exact) mass is 1750 g/mol. The number of benzene rings is 12. The average molecular weight is 1760 g/mol. The molecular weight excluding hydrogens is 1620 g/mol. The fraction of sp³-hybridized carbons (Fsp3) is 0.368. The second-order valence-electron chi connectivity index (χ2n) is 33.9. The Bertz CT molecular complexity index is 4970. The van der Waals surface area contributed by atoms with Crippen molar-refractivity contribution >= 4 is 46.4 Å². The Kier molecular flexibility index (Phi) is 44.2. The first kappa shape index (κ1) is 104. The number of phenols is 2. The number of hydrogen-bond donors (Lipinski definition) is 2. The van der Waals surface area contributed by atoms with Crippen LogP contribution in [0.5, 0.6) is 23.0 Å². The fourth-order valence-corrected chi connectivity index (χ4v) is 16.3. The van der Waals surface area contributed by atoms with Gasteiger partial charge in [-0.15, -0.1) is 0 Å². The van der Waals surface area contributed by atoms with Crippen molar-refractivity contribution in [1.29, 1.82) is 0 Å². The molecule has 12 aromatic rings. The molecule has 10 heteroatoms. The van der Waals surface area contributed by atoms with Crippen molar-refractivity contribution in [2.24, 2.45) is 23.7 Å². The maximum atomic E-state index is 13.1. The smallest absolute Gasteiger partial charge is 0.417 e. The summed E-state index contributed by atoms with van der Waals surface area (Å²) in [6.07, 6.45) is 18.0. The first-order valence-electron chi connectivity index (χ1n) is 44.9. The van der Waals surface area contributed by atoms with Crippen molar-refractivity contribution in [1.82, 2.24) is 0 Å². The lowest BCUT2D eigenvalue weighted by Gasteiger charge is -2.27. The molecule has 2 saturated carbocycles. The van der Waals surface area contributed by atoms with Crippen LogP contribution in [-0.4, -0.2) is 10.2 Å². The topological polar surface area (TPSA) is 49.7 Å². The predicted molar refractivity (Wildman–Crippen MR) is 533 cm³/mol. The highest BCUT2D eigenvalue weighted by molar-refractivity contribution is 6.39. The van der Waals surface area contributed by atoms with Gasteiger partial charge in [0.2, 0.25) is 0 Å². The minimum atomic E-state index is -4.33. The maximum absolute atomic E-state index is 13.1. The molecule has 2 N–H and O–H groups in total. The van der Waals surface area contributed by atoms with E-state index in [1.165, 1.54) is 150 Å². The molecule has 0 amide bonds. The Morgan fingerprint density at radius 2 is 0.613 bits per heavy atom. The molecule has 2 fully saturated rings. The summed E-state index contributed by atoms with van der Waals surface area (Å²) in [6.45, 7) is 43.8. The van der Waals surface area contributed by atoms with Crippen LogP contribution in [0.4, 0.5) is 13.2 Å². The van der Waals surface area contributed by atoms with Crippen molar-refractivity contribution < 1.29 is 28.1 Å². The van der Waals surface area contributed by atoms with Gasteiger partial charge in [-0.25, -0.2) is 0 Å². The fourth-order valence-electron chi connectivity index (χ4n) is 15.4. The molecule has 662 valence electrons. The van der Waals surface area contributed by atoms with Crippen LogP contribution < -0.4 is 4.74 Å². The average Bonchev–Trinajstić information content (AvgIpc) is 0.769. The molecule has 3 nitrogen and oxygen atoms in total. The van der Waals surface area contributed by atoms with Crippen molar-refractivity contribution in [2.75, 3.05) is 0 Å². The second-order valence-corrected chi connectivity index (χ2v) is 35.5. The van der Waals surface area contributed by atoms with Gasteiger partial charge in [0.05, 0.1) is 5.56 Å². The van der Waals surface area contributed by atoms with Gasteiger partial charge in [0.15, 0.2) is 0 Å². The van der Waals surface area contributed by atoms with Crippen LogP contribution in [0.15, 0.2) is 231 Å². The zero-order valence-electron chi connectivity index (χ0n) is 78.0. The molecule has 124 heavy (non-hydrogen) atoms. The van der Waals surface area contributed by atoms with Crippen LogP contribution in [0.2, 0.25) is 20.1 Å². The lowest BCUT2D eigenvalue weighted by molar-refractivity contribution is -0.137. The summed E-state index contributed by atoms with van der Waals surface area (Å²) in [5.74, 6) is 6.59. The summed E-state index contributed by atoms with van der Waals surface area (Å²) >= 11 is 24.7. The standard InChI is InChI=1S/C16H15F3.C16H18.C14H10Cl4.C14H14O2.C14H14O.C10H20.C10H14.C10H20.C10H14/c1-10-4-6-13(12(3)8-10)14-7-5-11(2)9-15(14)16(17,18)19;1-11-5-7-15(13(3)9-11)16-8-6-12(2)10-14(16)4;1-7-3-13(17)9(5-11(7)15)10-6-12(16)8(2)4-14(10)18;1-9-3-5-11(7-13(9)15)12-6-4-10(2)14(16)8-12;1-11-3-7-13(8-4-11)15-14-9-5-12(2)6-10-14;2*1-3-9-5-7-10(4-2)8-6-9;2*1-3-9-6-5-7-10(4-2)8-9/h4-9H,1-3H3;5-10H,1-4H3;3-6H,1-2H3;3-8,15-16H,1-2H3;3-10H,1-2H3;9-10H,3-8H2,1-2H3;5-8H,3-4H2,1-2H3;9-10H,3-8H2,1-2H3;5-8H,3-4H2,1-2H3. The van der Waals surface area contributed by atoms with E-state index in [-0.39, 0.29) is 17.1 Å². The van der Waals surface area contributed by atoms with Gasteiger partial charge in [0, 0.05) is 31.2 Å². The molecule has 2 unspecified atom stereocenters. The number of halogens is 7. The highest BCUT2D eigenvalue weighted by Gasteiger charge is 2.34. The highest BCUT2D eigenvalue weighted by atomic mass is 35.5. The Balaban J connectivity index is 0.000000218. The molecule has 2 aliphatic carbocycles. The number of aromatic hydroxyl groups is 2. The van der Waals surface area contributed by atoms with E-state index in [1.807, 2.05) is 151 Å². The minimum absolute atomic E-state index is 0.246. The molecular formula is C114H139Cl4F3O3. The number of ether oxygens (including phenoxy) is 1. The minimum Gasteiger partial charge on any atom is -0.508 e. The zero-order chi connectivity index (χ0) is 91.3. The van der Waals surface area contributed by atoms with Crippen LogP contribution in [0, 0.1) is 114 Å². The van der Waals surface area contributed by atoms with Crippen molar-refractivity contribution in [3.05, 3.63) is 351 Å². The summed E-state index contributed by atoms with van der Waals surface area (Å²) in [6, 6.07) is 75.2. The number of rotatable bonds is 14. The van der Waals surface area contributed by atoms with Crippen LogP contribution in [-0.2, 0) is 31.9 Å². The van der Waals surface area contributed by atoms with Crippen LogP contribution >= 0.6 is 46.4 Å². The van der Waals surface area contributed by atoms with Crippen molar-refractivity contribution in [2.45, 2.75) is 254 Å². The summed E-state index contributed by atoms with van der Waals surface area (Å²) in [5.41, 5.74) is 26.0. The highest BCUT2D eigenvalue weighted by Crippen LogP contribution is 2.42. The number of aryl methyl sites for hydroxylation is 17. The number of alkyl halides is 3. The van der Waals surface area contributed by atoms with Gasteiger partial charge >= 0.3 is 6.18 Å². The second kappa shape index (κ2) is 52.8. The molecule has 0 saturated heterocycles. The van der Waals surface area contributed by atoms with E-state index in [1.54, 1.807) is 37.3 Å². The molecule has 0 aliphatic heterocycles. The maximum Gasteiger partial charge on any atom is 0.417 e. The van der Waals surface area contributed by atoms with Gasteiger partial charge in [-0.2, -0.15) is 13.2 Å². The van der Waals surface area contributed by atoms with E-state index in [9.17, 15) is 23.4 Å². The Labute approximate surface area is 765 Å². The molecule has 0 bridgehead atoms. The van der Waals surface area contributed by atoms with E-state index in [4.69, 9.17) is 51.1 Å². The van der Waals surface area contributed by atoms with E-state index in [0.29, 0.717) is 31.2 Å². The Hall–Kier alpha value is -9.01. The van der Waals surface area contributed by atoms with Gasteiger partial charge in [-0.1, -0.05) is 370 Å². The third-order valence-corrected chi connectivity index (χ3v) is 25.3. The van der Waals surface area contributed by atoms with Gasteiger partial charge in [-0.3, -0.25) is 0 Å². The van der Waals surface area contributed by atoms with Crippen molar-refractivity contribution in [3.8, 4) is 67.5 Å². The Morgan fingerprint density at radius 1 is 0.290 bits per heavy atom. The van der Waals surface area contributed by atoms with Crippen molar-refractivity contribution in [3.63, 3.8) is 0 Å². The lowest BCUT2D eigenvalue weighted by atomic mass is 9.79. The third-order valence-electron chi connectivity index (χ3n) is 23.8. The molecule has 12 aromatic carbocycles. The molecule has 2 aliphatic rings. The van der Waals surface area contributed by atoms with Gasteiger partial charge in [0.1, 0.15) is 23.0 Å². The summed E-state index contributed by atoms with van der Waals surface area (Å²) in [5, 5.41) is 21.8. The number of phenolic OH excluding ortho intramolecular Hbond substituents is 2. The van der Waals surface area contributed by atoms with E-state index in [2.05, 4.69) is 182 Å². The zero-order valence-corrected chi connectivity index (χ0v) is 81.0. The largest absolute Gasteiger partial charge is 0.508 e. The SMILES string of the molecule is CCC1CCC(CC)CC1.CCC1CCCC(CC)C1.CCc1ccc(CC)cc1.CCc1cccc(CC)c1.Cc1cc(Cl)c(-c2cc(Cl)c(C)cc2Cl)cc1Cl.Cc1ccc(-c2ccc(C)c(O)c2)cc1O.Cc1ccc(-c2ccc(C)cc2C(F)(F)F)c(C)c1.Cc1ccc(-c2ccc(C)cc2C)c(C)c1.Cc1ccc(Oc2ccc(C)cc2)cc1. The molecule has 2 atom stereocenters. The molecule has 0 radical (unpaired) electrons. The van der Waals surface area contributed by atoms with Gasteiger partial charge < -0.3 is 14.9 Å². The third kappa shape index (κ3) is 34.4. The van der Waals surface area contributed by atoms with Crippen LogP contribution in [0.3, 0.4) is 0 Å². The number of hydrogen-bond acceptors (Lipinski definition) is 3. The molecule has 0 heterocycles. The first-order chi connectivity index (χ1) is 59.0. The van der Waals surface area contributed by atoms with Crippen LogP contribution in [0.25, 0.3) is 44.5 Å². The first-order valence-corrected chi connectivity index (χ1v) is 46.4. The lowest BCUT2D eigenvalue weighted by Crippen LogP contribution is -2.13. The predicted octanol–water partition coefficient (Wildman–Crippen LogP) is 36.8. The summed E-state index contributed by atoms with van der Waals surface area (Å²) in [7, 11) is 0. The molecule has 14 rings (SSSR count). The normalized spacial score (nSPS) is 14.4. The van der Waals surface area contributed by atoms with E-state index >= 15 is 0 Å². The summed E-state index contributed by atoms with van der Waals surface area (Å²) < 4.78 is 45.1. The summed E-state index contributed by atoms with van der Waals surface area (Å²) in [4.78, 5) is 0. The molecule has 0 aromatic heterocycles.